The van der Waals surface area contributed by atoms with Gasteiger partial charge in [-0.15, -0.1) is 0 Å². The first-order chi connectivity index (χ1) is 24.6. The Morgan fingerprint density at radius 1 is 1.06 bits per heavy atom. The Hall–Kier alpha value is -4.33. The fraction of sp³-hybridized carbons (Fsp3) is 0.526. The second kappa shape index (κ2) is 14.7. The van der Waals surface area contributed by atoms with Crippen LogP contribution in [0.3, 0.4) is 0 Å². The number of hydrogen-bond acceptors (Lipinski definition) is 11. The smallest absolute Gasteiger partial charge is 0.410 e. The number of rotatable bonds is 10. The topological polar surface area (TPSA) is 114 Å². The molecular weight excluding hydrogens is 653 g/mol. The third-order valence-electron chi connectivity index (χ3n) is 9.89. The highest BCUT2D eigenvalue weighted by atomic mass is 19.1. The number of piperazine rings is 2. The molecule has 12 nitrogen and oxygen atoms in total. The van der Waals surface area contributed by atoms with Crippen LogP contribution in [-0.2, 0) is 15.9 Å². The van der Waals surface area contributed by atoms with Crippen molar-refractivity contribution in [3.8, 4) is 23.0 Å². The zero-order valence-corrected chi connectivity index (χ0v) is 30.2. The Morgan fingerprint density at radius 2 is 1.82 bits per heavy atom. The third kappa shape index (κ3) is 7.38. The number of fused-ring (bicyclic) bond motifs is 4. The predicted octanol–water partition coefficient (Wildman–Crippen LogP) is 5.40. The fourth-order valence-corrected chi connectivity index (χ4v) is 7.57. The minimum absolute atomic E-state index is 0.0560. The summed E-state index contributed by atoms with van der Waals surface area (Å²) in [7, 11) is 1.56. The van der Waals surface area contributed by atoms with E-state index in [9.17, 15) is 4.79 Å². The predicted molar refractivity (Wildman–Crippen MR) is 194 cm³/mol. The molecule has 0 spiro atoms. The molecular formula is C38H48FN7O5. The van der Waals surface area contributed by atoms with Gasteiger partial charge in [0, 0.05) is 64.7 Å². The molecule has 2 aromatic carbocycles. The van der Waals surface area contributed by atoms with Crippen molar-refractivity contribution in [1.82, 2.24) is 30.1 Å². The van der Waals surface area contributed by atoms with E-state index in [2.05, 4.69) is 33.1 Å². The number of aryl methyl sites for hydroxylation is 1. The zero-order chi connectivity index (χ0) is 35.7. The van der Waals surface area contributed by atoms with Gasteiger partial charge in [0.2, 0.25) is 0 Å². The van der Waals surface area contributed by atoms with Crippen molar-refractivity contribution in [2.75, 3.05) is 71.2 Å². The molecule has 7 rings (SSSR count). The number of amides is 1. The van der Waals surface area contributed by atoms with Gasteiger partial charge in [0.1, 0.15) is 35.0 Å². The summed E-state index contributed by atoms with van der Waals surface area (Å²) >= 11 is 0. The van der Waals surface area contributed by atoms with E-state index < -0.39 is 11.4 Å². The van der Waals surface area contributed by atoms with Crippen molar-refractivity contribution in [3.63, 3.8) is 0 Å². The minimum atomic E-state index is -0.590. The van der Waals surface area contributed by atoms with Crippen LogP contribution in [0.2, 0.25) is 0 Å². The molecule has 1 N–H and O–H groups in total. The molecule has 0 aliphatic carbocycles. The Kier molecular flexibility index (Phi) is 10.1. The minimum Gasteiger partial charge on any atom is -0.468 e. The van der Waals surface area contributed by atoms with Crippen molar-refractivity contribution in [2.24, 2.45) is 0 Å². The highest BCUT2D eigenvalue weighted by molar-refractivity contribution is 6.01. The summed E-state index contributed by atoms with van der Waals surface area (Å²) in [6.07, 6.45) is 3.82. The van der Waals surface area contributed by atoms with E-state index in [1.54, 1.807) is 13.3 Å². The van der Waals surface area contributed by atoms with Gasteiger partial charge in [-0.25, -0.2) is 9.18 Å². The number of nitrogens with one attached hydrogen (secondary N) is 1. The summed E-state index contributed by atoms with van der Waals surface area (Å²) in [5.41, 5.74) is 1.39. The van der Waals surface area contributed by atoms with E-state index in [1.165, 1.54) is 0 Å². The standard InChI is InChI=1S/C38H48FN7O5/c1-6-24-8-7-9-25-18-28(50-23-48-5)19-29(31(24)25)33-32(39)34-30(20-41-33)35(43-36(42-34)49-17-16-44-14-12-40-13-15-44)45-21-26-10-11-27(22-45)46(26)37(47)51-38(2,3)4/h7-9,18-20,26-27,40H,6,10-17,21-23H2,1-5H3. The quantitative estimate of drug-likeness (QED) is 0.215. The van der Waals surface area contributed by atoms with Gasteiger partial charge < -0.3 is 29.2 Å². The number of benzene rings is 2. The number of hydrogen-bond donors (Lipinski definition) is 1. The summed E-state index contributed by atoms with van der Waals surface area (Å²) in [4.78, 5) is 33.9. The first-order valence-corrected chi connectivity index (χ1v) is 18.0. The average molecular weight is 702 g/mol. The van der Waals surface area contributed by atoms with Crippen LogP contribution in [-0.4, -0.2) is 115 Å². The number of pyridine rings is 1. The molecule has 2 atom stereocenters. The number of carbonyl (C=O) groups excluding carboxylic acids is 1. The van der Waals surface area contributed by atoms with E-state index in [0.717, 1.165) is 61.8 Å². The Morgan fingerprint density at radius 3 is 2.53 bits per heavy atom. The molecule has 13 heteroatoms. The Balaban J connectivity index is 1.29. The van der Waals surface area contributed by atoms with Crippen LogP contribution in [0.25, 0.3) is 32.9 Å². The van der Waals surface area contributed by atoms with Crippen molar-refractivity contribution >= 4 is 33.6 Å². The lowest BCUT2D eigenvalue weighted by Crippen LogP contribution is -2.57. The molecule has 2 bridgehead atoms. The van der Waals surface area contributed by atoms with E-state index >= 15 is 4.39 Å². The van der Waals surface area contributed by atoms with Crippen LogP contribution < -0.4 is 19.7 Å². The second-order valence-corrected chi connectivity index (χ2v) is 14.5. The SMILES string of the molecule is CCc1cccc2cc(OCOC)cc(-c3ncc4c(N5CC6CCC(C5)N6C(=O)OC(C)(C)C)nc(OCCN5CCNCC5)nc4c3F)c12. The summed E-state index contributed by atoms with van der Waals surface area (Å²) < 4.78 is 40.1. The normalized spacial score (nSPS) is 19.6. The first-order valence-electron chi connectivity index (χ1n) is 18.0. The van der Waals surface area contributed by atoms with Crippen LogP contribution >= 0.6 is 0 Å². The summed E-state index contributed by atoms with van der Waals surface area (Å²) in [5.74, 6) is 0.536. The molecule has 3 saturated heterocycles. The molecule has 0 radical (unpaired) electrons. The number of aromatic nitrogens is 3. The van der Waals surface area contributed by atoms with Gasteiger partial charge in [-0.2, -0.15) is 9.97 Å². The van der Waals surface area contributed by atoms with Gasteiger partial charge in [-0.05, 0) is 68.5 Å². The maximum atomic E-state index is 17.2. The van der Waals surface area contributed by atoms with Crippen LogP contribution in [0.4, 0.5) is 15.0 Å². The lowest BCUT2D eigenvalue weighted by molar-refractivity contribution is 0.0122. The zero-order valence-electron chi connectivity index (χ0n) is 30.2. The number of methoxy groups -OCH3 is 1. The van der Waals surface area contributed by atoms with E-state index in [0.29, 0.717) is 48.8 Å². The Bertz CT molecular complexity index is 1880. The van der Waals surface area contributed by atoms with E-state index in [-0.39, 0.29) is 42.2 Å². The lowest BCUT2D eigenvalue weighted by atomic mass is 9.95. The van der Waals surface area contributed by atoms with Crippen LogP contribution in [0.5, 0.6) is 11.8 Å². The molecule has 1 amide bonds. The summed E-state index contributed by atoms with van der Waals surface area (Å²) in [5, 5.41) is 5.68. The van der Waals surface area contributed by atoms with Gasteiger partial charge in [-0.1, -0.05) is 25.1 Å². The highest BCUT2D eigenvalue weighted by Crippen LogP contribution is 2.40. The molecule has 3 fully saturated rings. The fourth-order valence-electron chi connectivity index (χ4n) is 7.57. The van der Waals surface area contributed by atoms with Crippen LogP contribution in [0.1, 0.15) is 46.1 Å². The number of carbonyl (C=O) groups is 1. The molecule has 51 heavy (non-hydrogen) atoms. The summed E-state index contributed by atoms with van der Waals surface area (Å²) in [6.45, 7) is 13.6. The van der Waals surface area contributed by atoms with Gasteiger partial charge >= 0.3 is 12.1 Å². The molecule has 2 unspecified atom stereocenters. The second-order valence-electron chi connectivity index (χ2n) is 14.5. The summed E-state index contributed by atoms with van der Waals surface area (Å²) in [6, 6.07) is 9.78. The van der Waals surface area contributed by atoms with Gasteiger partial charge in [0.05, 0.1) is 17.5 Å². The van der Waals surface area contributed by atoms with Crippen molar-refractivity contribution < 1.29 is 28.1 Å². The van der Waals surface area contributed by atoms with E-state index in [4.69, 9.17) is 28.9 Å². The third-order valence-corrected chi connectivity index (χ3v) is 9.89. The van der Waals surface area contributed by atoms with E-state index in [1.807, 2.05) is 49.9 Å². The maximum Gasteiger partial charge on any atom is 0.410 e. The number of nitrogens with zero attached hydrogens (tertiary/aromatic N) is 6. The van der Waals surface area contributed by atoms with Crippen LogP contribution in [0.15, 0.2) is 36.5 Å². The van der Waals surface area contributed by atoms with Crippen molar-refractivity contribution in [1.29, 1.82) is 0 Å². The Labute approximate surface area is 298 Å². The maximum absolute atomic E-state index is 17.2. The van der Waals surface area contributed by atoms with Crippen molar-refractivity contribution in [2.45, 2.75) is 64.6 Å². The number of anilines is 1. The largest absolute Gasteiger partial charge is 0.468 e. The molecule has 2 aromatic heterocycles. The van der Waals surface area contributed by atoms with Gasteiger partial charge in [-0.3, -0.25) is 14.8 Å². The molecule has 5 heterocycles. The van der Waals surface area contributed by atoms with Crippen LogP contribution in [0, 0.1) is 5.82 Å². The van der Waals surface area contributed by atoms with Crippen molar-refractivity contribution in [3.05, 3.63) is 47.9 Å². The number of ether oxygens (including phenoxy) is 4. The average Bonchev–Trinajstić information content (AvgIpc) is 3.39. The highest BCUT2D eigenvalue weighted by Gasteiger charge is 2.45. The lowest BCUT2D eigenvalue weighted by Gasteiger charge is -2.42. The van der Waals surface area contributed by atoms with Gasteiger partial charge in [0.15, 0.2) is 12.6 Å². The molecule has 4 aromatic rings. The monoisotopic (exact) mass is 701 g/mol. The van der Waals surface area contributed by atoms with Gasteiger partial charge in [0.25, 0.3) is 0 Å². The first kappa shape index (κ1) is 35.1. The molecule has 3 aliphatic rings. The number of halogens is 1. The molecule has 272 valence electrons. The molecule has 3 aliphatic heterocycles. The molecule has 0 saturated carbocycles.